The molecule has 0 unspecified atom stereocenters. The topological polar surface area (TPSA) is 47.3 Å². The van der Waals surface area contributed by atoms with Crippen LogP contribution in [0.15, 0.2) is 12.3 Å². The molecule has 0 rings (SSSR count). The molecule has 0 amide bonds. The Morgan fingerprint density at radius 2 is 2.57 bits per heavy atom. The Morgan fingerprint density at radius 1 is 1.86 bits per heavy atom. The van der Waals surface area contributed by atoms with Crippen molar-refractivity contribution in [3.63, 3.8) is 0 Å². The minimum Gasteiger partial charge on any atom is -0.420 e. The zero-order valence-electron chi connectivity index (χ0n) is 4.35. The van der Waals surface area contributed by atoms with Crippen LogP contribution in [0.3, 0.4) is 0 Å². The summed E-state index contributed by atoms with van der Waals surface area (Å²) >= 11 is 0. The largest absolute Gasteiger partial charge is 0.420 e. The third-order valence-electron chi connectivity index (χ3n) is 0.497. The van der Waals surface area contributed by atoms with Crippen LogP contribution >= 0.6 is 0 Å². The molecule has 3 nitrogen and oxygen atoms in total. The standard InChI is InChI=1S/C4H10N2O/c1-6-3-2-4-7-5/h2,4,6H,3,5H2,1H3/b4-2-. The second-order valence-electron chi connectivity index (χ2n) is 1.07. The van der Waals surface area contributed by atoms with Crippen molar-refractivity contribution in [2.45, 2.75) is 0 Å². The minimum atomic E-state index is 0.789. The molecule has 0 saturated carbocycles. The maximum absolute atomic E-state index is 4.65. The summed E-state index contributed by atoms with van der Waals surface area (Å²) in [4.78, 5) is 4.12. The van der Waals surface area contributed by atoms with Gasteiger partial charge in [0.1, 0.15) is 6.26 Å². The van der Waals surface area contributed by atoms with Crippen LogP contribution in [0, 0.1) is 0 Å². The lowest BCUT2D eigenvalue weighted by atomic mass is 10.6. The number of hydrogen-bond acceptors (Lipinski definition) is 3. The molecule has 0 heterocycles. The smallest absolute Gasteiger partial charge is 0.108 e. The van der Waals surface area contributed by atoms with Gasteiger partial charge in [-0.25, -0.2) is 0 Å². The number of likely N-dealkylation sites (N-methyl/N-ethyl adjacent to an activating group) is 1. The highest BCUT2D eigenvalue weighted by Gasteiger charge is 1.65. The lowest BCUT2D eigenvalue weighted by Crippen LogP contribution is -2.04. The van der Waals surface area contributed by atoms with Gasteiger partial charge in [0.25, 0.3) is 0 Å². The van der Waals surface area contributed by atoms with Crippen molar-refractivity contribution >= 4 is 0 Å². The molecule has 7 heavy (non-hydrogen) atoms. The summed E-state index contributed by atoms with van der Waals surface area (Å²) in [6, 6.07) is 0. The lowest BCUT2D eigenvalue weighted by molar-refractivity contribution is 0.260. The van der Waals surface area contributed by atoms with Crippen molar-refractivity contribution in [2.75, 3.05) is 13.6 Å². The SMILES string of the molecule is CNC/C=C\ON. The molecule has 0 radical (unpaired) electrons. The monoisotopic (exact) mass is 102 g/mol. The molecule has 0 atom stereocenters. The summed E-state index contributed by atoms with van der Waals surface area (Å²) in [6.07, 6.45) is 3.20. The molecule has 0 aliphatic rings. The zero-order valence-corrected chi connectivity index (χ0v) is 4.35. The molecule has 0 spiro atoms. The molecule has 0 aromatic carbocycles. The molecule has 0 saturated heterocycles. The maximum atomic E-state index is 4.65. The van der Waals surface area contributed by atoms with E-state index in [0.717, 1.165) is 6.54 Å². The van der Waals surface area contributed by atoms with Gasteiger partial charge in [-0.2, -0.15) is 5.90 Å². The average molecular weight is 102 g/mol. The van der Waals surface area contributed by atoms with Gasteiger partial charge in [-0.15, -0.1) is 0 Å². The summed E-state index contributed by atoms with van der Waals surface area (Å²) in [7, 11) is 1.85. The van der Waals surface area contributed by atoms with Crippen LogP contribution in [-0.2, 0) is 4.84 Å². The summed E-state index contributed by atoms with van der Waals surface area (Å²) in [5.41, 5.74) is 0. The van der Waals surface area contributed by atoms with Gasteiger partial charge in [0.2, 0.25) is 0 Å². The summed E-state index contributed by atoms with van der Waals surface area (Å²) in [6.45, 7) is 0.789. The van der Waals surface area contributed by atoms with E-state index in [1.807, 2.05) is 7.05 Å². The molecule has 0 bridgehead atoms. The normalized spacial score (nSPS) is 10.0. The van der Waals surface area contributed by atoms with E-state index in [2.05, 4.69) is 16.1 Å². The lowest BCUT2D eigenvalue weighted by Gasteiger charge is -1.85. The first-order chi connectivity index (χ1) is 3.41. The Balaban J connectivity index is 2.78. The first-order valence-corrected chi connectivity index (χ1v) is 2.07. The van der Waals surface area contributed by atoms with Gasteiger partial charge in [-0.3, -0.25) is 0 Å². The molecular formula is C4H10N2O. The first-order valence-electron chi connectivity index (χ1n) is 2.07. The fourth-order valence-electron chi connectivity index (χ4n) is 0.222. The van der Waals surface area contributed by atoms with E-state index >= 15 is 0 Å². The van der Waals surface area contributed by atoms with Gasteiger partial charge >= 0.3 is 0 Å². The van der Waals surface area contributed by atoms with Crippen molar-refractivity contribution in [2.24, 2.45) is 5.90 Å². The second-order valence-corrected chi connectivity index (χ2v) is 1.07. The van der Waals surface area contributed by atoms with Gasteiger partial charge in [-0.1, -0.05) is 0 Å². The van der Waals surface area contributed by atoms with Crippen LogP contribution in [0.2, 0.25) is 0 Å². The fraction of sp³-hybridized carbons (Fsp3) is 0.500. The van der Waals surface area contributed by atoms with E-state index in [4.69, 9.17) is 0 Å². The Bertz CT molecular complexity index is 53.7. The number of rotatable bonds is 3. The average Bonchev–Trinajstić information content (AvgIpc) is 1.69. The number of hydrogen-bond donors (Lipinski definition) is 2. The van der Waals surface area contributed by atoms with Crippen LogP contribution in [0.25, 0.3) is 0 Å². The highest BCUT2D eigenvalue weighted by Crippen LogP contribution is 1.63. The number of nitrogens with two attached hydrogens (primary N) is 1. The van der Waals surface area contributed by atoms with Gasteiger partial charge in [0.15, 0.2) is 0 Å². The van der Waals surface area contributed by atoms with E-state index in [1.54, 1.807) is 6.08 Å². The van der Waals surface area contributed by atoms with Crippen molar-refractivity contribution in [3.05, 3.63) is 12.3 Å². The Morgan fingerprint density at radius 3 is 3.00 bits per heavy atom. The van der Waals surface area contributed by atoms with Crippen LogP contribution in [0.1, 0.15) is 0 Å². The van der Waals surface area contributed by atoms with Gasteiger partial charge < -0.3 is 10.2 Å². The Hall–Kier alpha value is -0.540. The first kappa shape index (κ1) is 6.46. The molecule has 3 heteroatoms. The van der Waals surface area contributed by atoms with Gasteiger partial charge in [-0.05, 0) is 13.1 Å². The van der Waals surface area contributed by atoms with E-state index in [9.17, 15) is 0 Å². The molecule has 0 aliphatic carbocycles. The zero-order chi connectivity index (χ0) is 5.54. The highest BCUT2D eigenvalue weighted by molar-refractivity contribution is 4.73. The van der Waals surface area contributed by atoms with Crippen LogP contribution in [0.4, 0.5) is 0 Å². The molecule has 0 aromatic heterocycles. The van der Waals surface area contributed by atoms with Gasteiger partial charge in [0, 0.05) is 6.54 Å². The predicted octanol–water partition coefficient (Wildman–Crippen LogP) is -0.390. The second kappa shape index (κ2) is 5.46. The van der Waals surface area contributed by atoms with Crippen molar-refractivity contribution < 1.29 is 4.84 Å². The molecule has 0 fully saturated rings. The number of nitrogens with one attached hydrogen (secondary N) is 1. The molecule has 0 aliphatic heterocycles. The quantitative estimate of drug-likeness (QED) is 0.377. The summed E-state index contributed by atoms with van der Waals surface area (Å²) < 4.78 is 0. The Labute approximate surface area is 43.1 Å². The summed E-state index contributed by atoms with van der Waals surface area (Å²) in [5, 5.41) is 2.88. The maximum Gasteiger partial charge on any atom is 0.108 e. The third kappa shape index (κ3) is 5.46. The summed E-state index contributed by atoms with van der Waals surface area (Å²) in [5.74, 6) is 4.65. The predicted molar refractivity (Wildman–Crippen MR) is 28.3 cm³/mol. The third-order valence-corrected chi connectivity index (χ3v) is 0.497. The molecule has 0 aromatic rings. The van der Waals surface area contributed by atoms with Crippen LogP contribution in [-0.4, -0.2) is 13.6 Å². The van der Waals surface area contributed by atoms with Crippen LogP contribution in [0.5, 0.6) is 0 Å². The van der Waals surface area contributed by atoms with E-state index < -0.39 is 0 Å². The Kier molecular flexibility index (Phi) is 5.04. The fourth-order valence-corrected chi connectivity index (χ4v) is 0.222. The molecular weight excluding hydrogens is 92.1 g/mol. The van der Waals surface area contributed by atoms with Gasteiger partial charge in [0.05, 0.1) is 0 Å². The molecule has 3 N–H and O–H groups in total. The van der Waals surface area contributed by atoms with Crippen molar-refractivity contribution in [1.82, 2.24) is 5.32 Å². The van der Waals surface area contributed by atoms with Crippen LogP contribution < -0.4 is 11.2 Å². The minimum absolute atomic E-state index is 0.789. The van der Waals surface area contributed by atoms with E-state index in [1.165, 1.54) is 6.26 Å². The van der Waals surface area contributed by atoms with E-state index in [-0.39, 0.29) is 0 Å². The molecule has 42 valence electrons. The van der Waals surface area contributed by atoms with Crippen molar-refractivity contribution in [1.29, 1.82) is 0 Å². The highest BCUT2D eigenvalue weighted by atomic mass is 16.6. The van der Waals surface area contributed by atoms with Crippen molar-refractivity contribution in [3.8, 4) is 0 Å². The van der Waals surface area contributed by atoms with E-state index in [0.29, 0.717) is 0 Å².